The molecule has 1 amide bonds. The second-order valence-corrected chi connectivity index (χ2v) is 8.87. The van der Waals surface area contributed by atoms with E-state index in [1.807, 2.05) is 31.2 Å². The predicted molar refractivity (Wildman–Crippen MR) is 124 cm³/mol. The minimum Gasteiger partial charge on any atom is -0.497 e. The second kappa shape index (κ2) is 10.2. The molecule has 0 radical (unpaired) electrons. The van der Waals surface area contributed by atoms with Gasteiger partial charge in [0.2, 0.25) is 0 Å². The third-order valence-corrected chi connectivity index (χ3v) is 6.26. The van der Waals surface area contributed by atoms with Crippen LogP contribution in [0, 0.1) is 6.92 Å². The van der Waals surface area contributed by atoms with Crippen LogP contribution in [0.25, 0.3) is 0 Å². The lowest BCUT2D eigenvalue weighted by Crippen LogP contribution is -2.26. The number of aryl methyl sites for hydroxylation is 1. The Bertz CT molecular complexity index is 1190. The zero-order valence-electron chi connectivity index (χ0n) is 18.2. The van der Waals surface area contributed by atoms with E-state index in [1.54, 1.807) is 44.6 Å². The van der Waals surface area contributed by atoms with Crippen molar-refractivity contribution in [3.05, 3.63) is 83.4 Å². The quantitative estimate of drug-likeness (QED) is 0.513. The number of sulfonamides is 1. The first kappa shape index (κ1) is 23.1. The monoisotopic (exact) mass is 454 g/mol. The standard InChI is InChI=1S/C24H26N2O5S/c1-17-7-9-20(10-8-17)26-32(28,29)22-6-4-5-19(16-22)24(27)25-14-13-18-15-21(30-2)11-12-23(18)31-3/h4-12,15-16,26H,13-14H2,1-3H3,(H,25,27). The van der Waals surface area contributed by atoms with Gasteiger partial charge in [-0.3, -0.25) is 9.52 Å². The van der Waals surface area contributed by atoms with Crippen LogP contribution in [0.15, 0.2) is 71.6 Å². The maximum Gasteiger partial charge on any atom is 0.261 e. The van der Waals surface area contributed by atoms with E-state index in [0.29, 0.717) is 30.2 Å². The summed E-state index contributed by atoms with van der Waals surface area (Å²) in [6.07, 6.45) is 0.527. The summed E-state index contributed by atoms with van der Waals surface area (Å²) in [5, 5.41) is 2.82. The van der Waals surface area contributed by atoms with Crippen LogP contribution in [0.3, 0.4) is 0 Å². The zero-order chi connectivity index (χ0) is 23.1. The molecular weight excluding hydrogens is 428 g/mol. The van der Waals surface area contributed by atoms with Crippen molar-refractivity contribution in [3.63, 3.8) is 0 Å². The number of hydrogen-bond acceptors (Lipinski definition) is 5. The van der Waals surface area contributed by atoms with Gasteiger partial charge in [0.25, 0.3) is 15.9 Å². The van der Waals surface area contributed by atoms with Gasteiger partial charge in [-0.05, 0) is 67.4 Å². The Kier molecular flexibility index (Phi) is 7.37. The van der Waals surface area contributed by atoms with Crippen LogP contribution in [0.1, 0.15) is 21.5 Å². The van der Waals surface area contributed by atoms with Gasteiger partial charge in [-0.15, -0.1) is 0 Å². The van der Waals surface area contributed by atoms with Crippen LogP contribution < -0.4 is 19.5 Å². The van der Waals surface area contributed by atoms with E-state index in [2.05, 4.69) is 10.0 Å². The van der Waals surface area contributed by atoms with Crippen molar-refractivity contribution in [2.24, 2.45) is 0 Å². The molecule has 0 aromatic heterocycles. The Hall–Kier alpha value is -3.52. The summed E-state index contributed by atoms with van der Waals surface area (Å²) >= 11 is 0. The number of hydrogen-bond donors (Lipinski definition) is 2. The zero-order valence-corrected chi connectivity index (χ0v) is 19.0. The summed E-state index contributed by atoms with van der Waals surface area (Å²) in [4.78, 5) is 12.6. The summed E-state index contributed by atoms with van der Waals surface area (Å²) in [7, 11) is -0.654. The fourth-order valence-corrected chi connectivity index (χ4v) is 4.23. The van der Waals surface area contributed by atoms with Crippen LogP contribution >= 0.6 is 0 Å². The number of anilines is 1. The summed E-state index contributed by atoms with van der Waals surface area (Å²) in [6.45, 7) is 2.27. The minimum absolute atomic E-state index is 0.0141. The van der Waals surface area contributed by atoms with Crippen LogP contribution in [0.5, 0.6) is 11.5 Å². The van der Waals surface area contributed by atoms with E-state index >= 15 is 0 Å². The largest absolute Gasteiger partial charge is 0.497 e. The maximum absolute atomic E-state index is 12.7. The van der Waals surface area contributed by atoms with Crippen molar-refractivity contribution >= 4 is 21.6 Å². The fraction of sp³-hybridized carbons (Fsp3) is 0.208. The van der Waals surface area contributed by atoms with Crippen molar-refractivity contribution in [1.29, 1.82) is 0 Å². The first-order valence-corrected chi connectivity index (χ1v) is 11.5. The van der Waals surface area contributed by atoms with Crippen molar-refractivity contribution in [2.45, 2.75) is 18.2 Å². The lowest BCUT2D eigenvalue weighted by molar-refractivity contribution is 0.0954. The molecule has 3 rings (SSSR count). The normalized spacial score (nSPS) is 11.0. The van der Waals surface area contributed by atoms with E-state index in [4.69, 9.17) is 9.47 Å². The van der Waals surface area contributed by atoms with Crippen molar-refractivity contribution in [2.75, 3.05) is 25.5 Å². The topological polar surface area (TPSA) is 93.7 Å². The van der Waals surface area contributed by atoms with Crippen LogP contribution in [0.4, 0.5) is 5.69 Å². The number of rotatable bonds is 9. The Balaban J connectivity index is 1.67. The first-order chi connectivity index (χ1) is 15.3. The molecule has 0 aliphatic heterocycles. The average molecular weight is 455 g/mol. The molecule has 3 aromatic rings. The first-order valence-electron chi connectivity index (χ1n) is 10.0. The second-order valence-electron chi connectivity index (χ2n) is 7.18. The van der Waals surface area contributed by atoms with Gasteiger partial charge in [-0.25, -0.2) is 8.42 Å². The molecule has 8 heteroatoms. The summed E-state index contributed by atoms with van der Waals surface area (Å²) in [5.74, 6) is 1.04. The SMILES string of the molecule is COc1ccc(OC)c(CCNC(=O)c2cccc(S(=O)(=O)Nc3ccc(C)cc3)c2)c1. The number of methoxy groups -OCH3 is 2. The molecule has 0 heterocycles. The van der Waals surface area contributed by atoms with E-state index in [0.717, 1.165) is 11.1 Å². The highest BCUT2D eigenvalue weighted by Gasteiger charge is 2.17. The number of benzene rings is 3. The van der Waals surface area contributed by atoms with Gasteiger partial charge in [0.1, 0.15) is 11.5 Å². The summed E-state index contributed by atoms with van der Waals surface area (Å²) in [5.41, 5.74) is 2.64. The molecule has 0 unspecified atom stereocenters. The van der Waals surface area contributed by atoms with Crippen molar-refractivity contribution < 1.29 is 22.7 Å². The predicted octanol–water partition coefficient (Wildman–Crippen LogP) is 3.79. The Morgan fingerprint density at radius 3 is 2.38 bits per heavy atom. The number of carbonyl (C=O) groups is 1. The van der Waals surface area contributed by atoms with Gasteiger partial charge < -0.3 is 14.8 Å². The number of amides is 1. The van der Waals surface area contributed by atoms with Gasteiger partial charge in [0.15, 0.2) is 0 Å². The molecule has 2 N–H and O–H groups in total. The van der Waals surface area contributed by atoms with Crippen LogP contribution in [-0.4, -0.2) is 35.1 Å². The Morgan fingerprint density at radius 1 is 0.938 bits per heavy atom. The third-order valence-electron chi connectivity index (χ3n) is 4.88. The van der Waals surface area contributed by atoms with Gasteiger partial charge in [0.05, 0.1) is 19.1 Å². The molecule has 0 aliphatic carbocycles. The lowest BCUT2D eigenvalue weighted by atomic mass is 10.1. The molecule has 0 fully saturated rings. The highest BCUT2D eigenvalue weighted by atomic mass is 32.2. The fourth-order valence-electron chi connectivity index (χ4n) is 3.13. The highest BCUT2D eigenvalue weighted by Crippen LogP contribution is 2.24. The molecular formula is C24H26N2O5S. The van der Waals surface area contributed by atoms with Crippen LogP contribution in [0.2, 0.25) is 0 Å². The number of nitrogens with one attached hydrogen (secondary N) is 2. The van der Waals surface area contributed by atoms with E-state index < -0.39 is 10.0 Å². The Morgan fingerprint density at radius 2 is 1.69 bits per heavy atom. The Labute approximate surface area is 188 Å². The molecule has 3 aromatic carbocycles. The summed E-state index contributed by atoms with van der Waals surface area (Å²) < 4.78 is 38.6. The molecule has 0 saturated heterocycles. The van der Waals surface area contributed by atoms with Crippen molar-refractivity contribution in [3.8, 4) is 11.5 Å². The van der Waals surface area contributed by atoms with Gasteiger partial charge in [-0.2, -0.15) is 0 Å². The number of carbonyl (C=O) groups excluding carboxylic acids is 1. The number of ether oxygens (including phenoxy) is 2. The van der Waals surface area contributed by atoms with E-state index in [9.17, 15) is 13.2 Å². The molecule has 0 saturated carbocycles. The highest BCUT2D eigenvalue weighted by molar-refractivity contribution is 7.92. The van der Waals surface area contributed by atoms with Crippen LogP contribution in [-0.2, 0) is 16.4 Å². The molecule has 0 atom stereocenters. The molecule has 168 valence electrons. The molecule has 7 nitrogen and oxygen atoms in total. The molecule has 0 spiro atoms. The summed E-state index contributed by atoms with van der Waals surface area (Å²) in [6, 6.07) is 18.4. The molecule has 0 aliphatic rings. The van der Waals surface area contributed by atoms with E-state index in [-0.39, 0.29) is 16.4 Å². The van der Waals surface area contributed by atoms with Gasteiger partial charge >= 0.3 is 0 Å². The molecule has 0 bridgehead atoms. The van der Waals surface area contributed by atoms with E-state index in [1.165, 1.54) is 12.1 Å². The minimum atomic E-state index is -3.82. The maximum atomic E-state index is 12.7. The van der Waals surface area contributed by atoms with Gasteiger partial charge in [0, 0.05) is 17.8 Å². The van der Waals surface area contributed by atoms with Gasteiger partial charge in [-0.1, -0.05) is 23.8 Å². The third kappa shape index (κ3) is 5.79. The smallest absolute Gasteiger partial charge is 0.261 e. The van der Waals surface area contributed by atoms with Crippen molar-refractivity contribution in [1.82, 2.24) is 5.32 Å². The lowest BCUT2D eigenvalue weighted by Gasteiger charge is -2.12. The average Bonchev–Trinajstić information content (AvgIpc) is 2.80. The molecule has 32 heavy (non-hydrogen) atoms.